The lowest BCUT2D eigenvalue weighted by molar-refractivity contribution is -0.140. The van der Waals surface area contributed by atoms with Gasteiger partial charge in [-0.05, 0) is 36.5 Å². The first-order valence-electron chi connectivity index (χ1n) is 7.31. The number of hydrogen-bond acceptors (Lipinski definition) is 3. The van der Waals surface area contributed by atoms with Gasteiger partial charge in [0.2, 0.25) is 5.91 Å². The summed E-state index contributed by atoms with van der Waals surface area (Å²) in [6.07, 6.45) is 2.19. The molecule has 4 N–H and O–H groups in total. The summed E-state index contributed by atoms with van der Waals surface area (Å²) in [4.78, 5) is 23.2. The van der Waals surface area contributed by atoms with E-state index in [2.05, 4.69) is 5.32 Å². The Hall–Kier alpha value is -1.88. The molecule has 1 aromatic carbocycles. The van der Waals surface area contributed by atoms with Crippen molar-refractivity contribution < 1.29 is 14.7 Å². The predicted molar refractivity (Wildman–Crippen MR) is 81.0 cm³/mol. The number of rotatable bonds is 6. The first kappa shape index (κ1) is 15.5. The highest BCUT2D eigenvalue weighted by Gasteiger charge is 2.51. The van der Waals surface area contributed by atoms with Gasteiger partial charge in [-0.25, -0.2) is 0 Å². The molecule has 1 saturated carbocycles. The van der Waals surface area contributed by atoms with Crippen molar-refractivity contribution in [1.29, 1.82) is 0 Å². The van der Waals surface area contributed by atoms with Crippen LogP contribution in [0.3, 0.4) is 0 Å². The fourth-order valence-electron chi connectivity index (χ4n) is 2.36. The molecule has 0 spiro atoms. The van der Waals surface area contributed by atoms with Crippen molar-refractivity contribution in [3.8, 4) is 0 Å². The van der Waals surface area contributed by atoms with Crippen LogP contribution >= 0.6 is 0 Å². The second-order valence-corrected chi connectivity index (χ2v) is 5.87. The number of nitrogens with one attached hydrogen (secondary N) is 1. The van der Waals surface area contributed by atoms with Gasteiger partial charge in [-0.1, -0.05) is 32.4 Å². The molecule has 1 fully saturated rings. The number of hydrogen-bond donors (Lipinski definition) is 3. The molecule has 1 amide bonds. The van der Waals surface area contributed by atoms with Gasteiger partial charge in [-0.15, -0.1) is 0 Å². The molecule has 114 valence electrons. The zero-order chi connectivity index (χ0) is 15.6. The van der Waals surface area contributed by atoms with Crippen LogP contribution < -0.4 is 11.1 Å². The van der Waals surface area contributed by atoms with Crippen LogP contribution in [0.5, 0.6) is 0 Å². The Morgan fingerprint density at radius 1 is 1.33 bits per heavy atom. The summed E-state index contributed by atoms with van der Waals surface area (Å²) in [5.74, 6) is -0.874. The maximum atomic E-state index is 12.0. The lowest BCUT2D eigenvalue weighted by atomic mass is 9.96. The number of carbonyl (C=O) groups is 2. The van der Waals surface area contributed by atoms with Crippen molar-refractivity contribution in [1.82, 2.24) is 0 Å². The number of benzene rings is 1. The molecule has 0 aromatic heterocycles. The maximum Gasteiger partial charge on any atom is 0.314 e. The van der Waals surface area contributed by atoms with E-state index in [0.717, 1.165) is 12.0 Å². The summed E-state index contributed by atoms with van der Waals surface area (Å²) in [6, 6.07) is 6.47. The van der Waals surface area contributed by atoms with Gasteiger partial charge in [0.25, 0.3) is 0 Å². The lowest BCUT2D eigenvalue weighted by Gasteiger charge is -2.18. The number of aliphatic carboxylic acids is 1. The van der Waals surface area contributed by atoms with E-state index in [1.165, 1.54) is 0 Å². The van der Waals surface area contributed by atoms with E-state index in [1.807, 2.05) is 13.8 Å². The van der Waals surface area contributed by atoms with E-state index in [-0.39, 0.29) is 11.8 Å². The van der Waals surface area contributed by atoms with Gasteiger partial charge in [0.05, 0.1) is 11.5 Å². The number of carboxylic acids is 1. The van der Waals surface area contributed by atoms with Gasteiger partial charge < -0.3 is 16.2 Å². The maximum absolute atomic E-state index is 12.0. The molecule has 2 atom stereocenters. The summed E-state index contributed by atoms with van der Waals surface area (Å²) in [6.45, 7) is 3.94. The topological polar surface area (TPSA) is 92.4 Å². The molecule has 21 heavy (non-hydrogen) atoms. The van der Waals surface area contributed by atoms with E-state index in [9.17, 15) is 14.7 Å². The Bertz CT molecular complexity index is 535. The van der Waals surface area contributed by atoms with E-state index in [1.54, 1.807) is 24.3 Å². The van der Waals surface area contributed by atoms with Crippen LogP contribution in [-0.2, 0) is 15.0 Å². The fourth-order valence-corrected chi connectivity index (χ4v) is 2.36. The van der Waals surface area contributed by atoms with Crippen molar-refractivity contribution in [3.05, 3.63) is 29.8 Å². The number of anilines is 1. The monoisotopic (exact) mass is 290 g/mol. The quantitative estimate of drug-likeness (QED) is 0.748. The first-order valence-corrected chi connectivity index (χ1v) is 7.31. The molecule has 0 aliphatic heterocycles. The molecule has 1 aliphatic rings. The third-order valence-electron chi connectivity index (χ3n) is 4.42. The third-order valence-corrected chi connectivity index (χ3v) is 4.42. The van der Waals surface area contributed by atoms with Crippen LogP contribution in [0, 0.1) is 5.92 Å². The Morgan fingerprint density at radius 3 is 2.33 bits per heavy atom. The number of carbonyl (C=O) groups excluding carboxylic acids is 1. The molecule has 1 aliphatic carbocycles. The highest BCUT2D eigenvalue weighted by molar-refractivity contribution is 5.95. The van der Waals surface area contributed by atoms with Crippen molar-refractivity contribution in [2.75, 3.05) is 5.32 Å². The second kappa shape index (κ2) is 5.85. The summed E-state index contributed by atoms with van der Waals surface area (Å²) in [5.41, 5.74) is 6.60. The normalized spacial score (nSPS) is 18.6. The van der Waals surface area contributed by atoms with Crippen LogP contribution in [0.1, 0.15) is 38.7 Å². The van der Waals surface area contributed by atoms with E-state index >= 15 is 0 Å². The Labute approximate surface area is 124 Å². The van der Waals surface area contributed by atoms with E-state index in [4.69, 9.17) is 5.73 Å². The molecule has 0 bridgehead atoms. The summed E-state index contributed by atoms with van der Waals surface area (Å²) in [7, 11) is 0. The first-order chi connectivity index (χ1) is 9.90. The Balaban J connectivity index is 2.03. The van der Waals surface area contributed by atoms with Gasteiger partial charge in [0, 0.05) is 5.69 Å². The molecule has 5 heteroatoms. The predicted octanol–water partition coefficient (Wildman–Crippen LogP) is 2.11. The van der Waals surface area contributed by atoms with Gasteiger partial charge in [-0.3, -0.25) is 9.59 Å². The Kier molecular flexibility index (Phi) is 4.32. The van der Waals surface area contributed by atoms with Crippen LogP contribution in [-0.4, -0.2) is 23.0 Å². The van der Waals surface area contributed by atoms with Gasteiger partial charge in [0.15, 0.2) is 0 Å². The van der Waals surface area contributed by atoms with Crippen LogP contribution in [0.25, 0.3) is 0 Å². The highest BCUT2D eigenvalue weighted by atomic mass is 16.4. The average Bonchev–Trinajstić information content (AvgIpc) is 3.28. The van der Waals surface area contributed by atoms with Crippen LogP contribution in [0.4, 0.5) is 5.69 Å². The number of carboxylic acid groups (broad SMARTS) is 1. The van der Waals surface area contributed by atoms with Crippen molar-refractivity contribution in [2.45, 2.75) is 44.6 Å². The molecule has 5 nitrogen and oxygen atoms in total. The third kappa shape index (κ3) is 3.08. The Morgan fingerprint density at radius 2 is 1.90 bits per heavy atom. The summed E-state index contributed by atoms with van der Waals surface area (Å²) < 4.78 is 0. The zero-order valence-electron chi connectivity index (χ0n) is 12.4. The molecule has 2 rings (SSSR count). The smallest absolute Gasteiger partial charge is 0.314 e. The van der Waals surface area contributed by atoms with E-state index < -0.39 is 17.4 Å². The minimum absolute atomic E-state index is 0.117. The summed E-state index contributed by atoms with van der Waals surface area (Å²) in [5, 5.41) is 12.0. The van der Waals surface area contributed by atoms with E-state index in [0.29, 0.717) is 18.5 Å². The SMILES string of the molecule is CCC(C)C(N)C(=O)Nc1ccc(C2(C(=O)O)CC2)cc1. The van der Waals surface area contributed by atoms with Crippen molar-refractivity contribution in [3.63, 3.8) is 0 Å². The highest BCUT2D eigenvalue weighted by Crippen LogP contribution is 2.48. The largest absolute Gasteiger partial charge is 0.481 e. The van der Waals surface area contributed by atoms with Gasteiger partial charge in [0.1, 0.15) is 0 Å². The second-order valence-electron chi connectivity index (χ2n) is 5.87. The number of amides is 1. The molecular formula is C16H22N2O3. The summed E-state index contributed by atoms with van der Waals surface area (Å²) >= 11 is 0. The molecule has 0 heterocycles. The van der Waals surface area contributed by atoms with Gasteiger partial charge >= 0.3 is 5.97 Å². The standard InChI is InChI=1S/C16H22N2O3/c1-3-10(2)13(17)14(19)18-12-6-4-11(5-7-12)16(8-9-16)15(20)21/h4-7,10,13H,3,8-9,17H2,1-2H3,(H,18,19)(H,20,21). The average molecular weight is 290 g/mol. The molecule has 2 unspecified atom stereocenters. The van der Waals surface area contributed by atoms with Crippen molar-refractivity contribution in [2.24, 2.45) is 11.7 Å². The minimum atomic E-state index is -0.780. The van der Waals surface area contributed by atoms with Gasteiger partial charge in [-0.2, -0.15) is 0 Å². The molecule has 1 aromatic rings. The molecule has 0 saturated heterocycles. The fraction of sp³-hybridized carbons (Fsp3) is 0.500. The molecular weight excluding hydrogens is 268 g/mol. The van der Waals surface area contributed by atoms with Crippen molar-refractivity contribution >= 4 is 17.6 Å². The number of nitrogens with two attached hydrogens (primary N) is 1. The lowest BCUT2D eigenvalue weighted by Crippen LogP contribution is -2.40. The minimum Gasteiger partial charge on any atom is -0.481 e. The van der Waals surface area contributed by atoms with Crippen LogP contribution in [0.2, 0.25) is 0 Å². The zero-order valence-corrected chi connectivity index (χ0v) is 12.4. The van der Waals surface area contributed by atoms with Crippen LogP contribution in [0.15, 0.2) is 24.3 Å². The molecule has 0 radical (unpaired) electrons.